The van der Waals surface area contributed by atoms with Crippen LogP contribution in [0.3, 0.4) is 0 Å². The normalized spacial score (nSPS) is 10.4. The number of ether oxygens (including phenoxy) is 2. The molecule has 2 aromatic rings. The number of halogens is 2. The monoisotopic (exact) mass is 368 g/mol. The van der Waals surface area contributed by atoms with Crippen LogP contribution in [0.2, 0.25) is 0 Å². The minimum absolute atomic E-state index is 0.257. The first-order valence-electron chi connectivity index (χ1n) is 7.44. The fourth-order valence-corrected chi connectivity index (χ4v) is 2.55. The number of hydrogen-bond acceptors (Lipinski definition) is 4. The Bertz CT molecular complexity index is 701. The highest BCUT2D eigenvalue weighted by Gasteiger charge is 2.11. The van der Waals surface area contributed by atoms with Crippen LogP contribution >= 0.6 is 11.8 Å². The number of carbonyl (C=O) groups is 1. The molecule has 0 aliphatic carbocycles. The van der Waals surface area contributed by atoms with E-state index in [9.17, 15) is 13.6 Å². The summed E-state index contributed by atoms with van der Waals surface area (Å²) in [5.74, 6) is -1.25. The Kier molecular flexibility index (Phi) is 7.34. The van der Waals surface area contributed by atoms with E-state index in [1.54, 1.807) is 49.6 Å². The third-order valence-corrected chi connectivity index (χ3v) is 3.84. The molecular formula is C17H18F2N2O3S. The van der Waals surface area contributed by atoms with E-state index in [0.29, 0.717) is 33.8 Å². The Labute approximate surface area is 148 Å². The molecule has 0 atom stereocenters. The maximum absolute atomic E-state index is 12.5. The lowest BCUT2D eigenvalue weighted by atomic mass is 10.3. The number of nitrogens with one attached hydrogen (secondary N) is 2. The zero-order chi connectivity index (χ0) is 18.1. The van der Waals surface area contributed by atoms with Gasteiger partial charge in [0, 0.05) is 11.0 Å². The SMILES string of the molecule is COc1cccc(OCCNC(=O)Nc2ccccc2SC(F)F)c1. The van der Waals surface area contributed by atoms with Crippen molar-refractivity contribution in [1.82, 2.24) is 5.32 Å². The van der Waals surface area contributed by atoms with Crippen LogP contribution < -0.4 is 20.1 Å². The third kappa shape index (κ3) is 6.50. The molecule has 2 aromatic carbocycles. The van der Waals surface area contributed by atoms with Gasteiger partial charge in [-0.05, 0) is 24.3 Å². The molecule has 0 saturated carbocycles. The van der Waals surface area contributed by atoms with Gasteiger partial charge in [-0.1, -0.05) is 30.0 Å². The lowest BCUT2D eigenvalue weighted by molar-refractivity contribution is 0.247. The van der Waals surface area contributed by atoms with Crippen LogP contribution in [0.4, 0.5) is 19.3 Å². The summed E-state index contributed by atoms with van der Waals surface area (Å²) in [7, 11) is 1.56. The van der Waals surface area contributed by atoms with E-state index < -0.39 is 11.8 Å². The van der Waals surface area contributed by atoms with Gasteiger partial charge in [0.2, 0.25) is 0 Å². The number of thioether (sulfide) groups is 1. The van der Waals surface area contributed by atoms with Gasteiger partial charge in [0.1, 0.15) is 18.1 Å². The van der Waals surface area contributed by atoms with Gasteiger partial charge in [0.05, 0.1) is 19.3 Å². The number of carbonyl (C=O) groups excluding carboxylic acids is 1. The highest BCUT2D eigenvalue weighted by Crippen LogP contribution is 2.31. The van der Waals surface area contributed by atoms with E-state index in [4.69, 9.17) is 9.47 Å². The lowest BCUT2D eigenvalue weighted by Crippen LogP contribution is -2.32. The molecule has 134 valence electrons. The van der Waals surface area contributed by atoms with Gasteiger partial charge in [-0.2, -0.15) is 8.78 Å². The van der Waals surface area contributed by atoms with Gasteiger partial charge in [0.15, 0.2) is 0 Å². The molecule has 0 fully saturated rings. The molecule has 0 radical (unpaired) electrons. The maximum atomic E-state index is 12.5. The summed E-state index contributed by atoms with van der Waals surface area (Å²) in [6.07, 6.45) is 0. The molecule has 2 amide bonds. The quantitative estimate of drug-likeness (QED) is 0.541. The van der Waals surface area contributed by atoms with Crippen molar-refractivity contribution >= 4 is 23.5 Å². The predicted molar refractivity (Wildman–Crippen MR) is 93.8 cm³/mol. The van der Waals surface area contributed by atoms with Crippen LogP contribution in [0.5, 0.6) is 11.5 Å². The van der Waals surface area contributed by atoms with Crippen LogP contribution in [-0.2, 0) is 0 Å². The highest BCUT2D eigenvalue weighted by molar-refractivity contribution is 7.99. The van der Waals surface area contributed by atoms with E-state index in [1.807, 2.05) is 0 Å². The average Bonchev–Trinajstić information content (AvgIpc) is 2.60. The van der Waals surface area contributed by atoms with Crippen LogP contribution in [0.25, 0.3) is 0 Å². The van der Waals surface area contributed by atoms with Gasteiger partial charge in [-0.15, -0.1) is 0 Å². The Balaban J connectivity index is 1.77. The number of hydrogen-bond donors (Lipinski definition) is 2. The summed E-state index contributed by atoms with van der Waals surface area (Å²) < 4.78 is 35.6. The largest absolute Gasteiger partial charge is 0.497 e. The smallest absolute Gasteiger partial charge is 0.319 e. The molecule has 0 bridgehead atoms. The maximum Gasteiger partial charge on any atom is 0.319 e. The number of anilines is 1. The van der Waals surface area contributed by atoms with Crippen LogP contribution in [0, 0.1) is 0 Å². The van der Waals surface area contributed by atoms with Crippen molar-refractivity contribution in [2.24, 2.45) is 0 Å². The minimum Gasteiger partial charge on any atom is -0.497 e. The number of amides is 2. The van der Waals surface area contributed by atoms with Crippen LogP contribution in [0.1, 0.15) is 0 Å². The van der Waals surface area contributed by atoms with E-state index >= 15 is 0 Å². The van der Waals surface area contributed by atoms with Crippen molar-refractivity contribution in [1.29, 1.82) is 0 Å². The summed E-state index contributed by atoms with van der Waals surface area (Å²) in [6, 6.07) is 13.0. The van der Waals surface area contributed by atoms with Crippen molar-refractivity contribution in [2.45, 2.75) is 10.7 Å². The molecule has 5 nitrogen and oxygen atoms in total. The molecule has 0 aromatic heterocycles. The Morgan fingerprint density at radius 1 is 1.16 bits per heavy atom. The average molecular weight is 368 g/mol. The van der Waals surface area contributed by atoms with E-state index in [0.717, 1.165) is 0 Å². The molecule has 0 heterocycles. The van der Waals surface area contributed by atoms with Crippen molar-refractivity contribution in [3.05, 3.63) is 48.5 Å². The van der Waals surface area contributed by atoms with Crippen LogP contribution in [0.15, 0.2) is 53.4 Å². The molecule has 0 aliphatic heterocycles. The van der Waals surface area contributed by atoms with E-state index in [1.165, 1.54) is 6.07 Å². The van der Waals surface area contributed by atoms with Crippen LogP contribution in [-0.4, -0.2) is 32.1 Å². The molecular weight excluding hydrogens is 350 g/mol. The topological polar surface area (TPSA) is 59.6 Å². The summed E-state index contributed by atoms with van der Waals surface area (Å²) in [4.78, 5) is 12.2. The Hall–Kier alpha value is -2.48. The van der Waals surface area contributed by atoms with Crippen molar-refractivity contribution < 1.29 is 23.0 Å². The molecule has 2 rings (SSSR count). The second-order valence-corrected chi connectivity index (χ2v) is 5.81. The molecule has 0 spiro atoms. The number of benzene rings is 2. The number of urea groups is 1. The van der Waals surface area contributed by atoms with Crippen molar-refractivity contribution in [3.8, 4) is 11.5 Å². The van der Waals surface area contributed by atoms with Gasteiger partial charge >= 0.3 is 6.03 Å². The fourth-order valence-electron chi connectivity index (χ4n) is 1.96. The summed E-state index contributed by atoms with van der Waals surface area (Å²) >= 11 is 0.384. The Morgan fingerprint density at radius 3 is 2.68 bits per heavy atom. The summed E-state index contributed by atoms with van der Waals surface area (Å²) in [6.45, 7) is 0.515. The molecule has 0 unspecified atom stereocenters. The van der Waals surface area contributed by atoms with Gasteiger partial charge in [0.25, 0.3) is 5.76 Å². The molecule has 0 saturated heterocycles. The fraction of sp³-hybridized carbons (Fsp3) is 0.235. The zero-order valence-corrected chi connectivity index (χ0v) is 14.3. The van der Waals surface area contributed by atoms with Crippen molar-refractivity contribution in [2.75, 3.05) is 25.6 Å². The standard InChI is InChI=1S/C17H18F2N2O3S/c1-23-12-5-4-6-13(11-12)24-10-9-20-17(22)21-14-7-2-3-8-15(14)25-16(18)19/h2-8,11,16H,9-10H2,1H3,(H2,20,21,22). The van der Waals surface area contributed by atoms with E-state index in [2.05, 4.69) is 10.6 Å². The first-order chi connectivity index (χ1) is 12.1. The minimum atomic E-state index is -2.55. The predicted octanol–water partition coefficient (Wildman–Crippen LogP) is 4.21. The second-order valence-electron chi connectivity index (χ2n) is 4.78. The molecule has 2 N–H and O–H groups in total. The first-order valence-corrected chi connectivity index (χ1v) is 8.32. The van der Waals surface area contributed by atoms with E-state index in [-0.39, 0.29) is 13.2 Å². The number of alkyl halides is 2. The first kappa shape index (κ1) is 18.9. The van der Waals surface area contributed by atoms with Gasteiger partial charge in [-0.3, -0.25) is 0 Å². The third-order valence-electron chi connectivity index (χ3n) is 3.05. The van der Waals surface area contributed by atoms with Gasteiger partial charge in [-0.25, -0.2) is 4.79 Å². The lowest BCUT2D eigenvalue weighted by Gasteiger charge is -2.12. The number of methoxy groups -OCH3 is 1. The number of rotatable bonds is 8. The Morgan fingerprint density at radius 2 is 1.92 bits per heavy atom. The molecule has 25 heavy (non-hydrogen) atoms. The summed E-state index contributed by atoms with van der Waals surface area (Å²) in [5.41, 5.74) is 0.332. The van der Waals surface area contributed by atoms with Gasteiger partial charge < -0.3 is 20.1 Å². The molecule has 8 heteroatoms. The summed E-state index contributed by atoms with van der Waals surface area (Å²) in [5, 5.41) is 5.16. The second kappa shape index (κ2) is 9.73. The zero-order valence-electron chi connectivity index (χ0n) is 13.5. The number of para-hydroxylation sites is 1. The highest BCUT2D eigenvalue weighted by atomic mass is 32.2. The molecule has 0 aliphatic rings. The van der Waals surface area contributed by atoms with Crippen molar-refractivity contribution in [3.63, 3.8) is 0 Å².